The normalized spacial score (nSPS) is 15.7. The molecule has 0 saturated carbocycles. The third kappa shape index (κ3) is 3.96. The lowest BCUT2D eigenvalue weighted by Crippen LogP contribution is -2.45. The number of hydrogen-bond donors (Lipinski definition) is 2. The van der Waals surface area contributed by atoms with Crippen LogP contribution in [0.2, 0.25) is 0 Å². The van der Waals surface area contributed by atoms with Gasteiger partial charge in [0.2, 0.25) is 11.8 Å². The molecule has 6 nitrogen and oxygen atoms in total. The van der Waals surface area contributed by atoms with Crippen LogP contribution in [0.3, 0.4) is 0 Å². The van der Waals surface area contributed by atoms with Crippen LogP contribution >= 0.6 is 0 Å². The van der Waals surface area contributed by atoms with Crippen molar-refractivity contribution >= 4 is 11.8 Å². The van der Waals surface area contributed by atoms with Crippen LogP contribution in [-0.2, 0) is 16.1 Å². The minimum absolute atomic E-state index is 0.00376. The number of aromatic nitrogens is 1. The van der Waals surface area contributed by atoms with Gasteiger partial charge in [0.15, 0.2) is 0 Å². The van der Waals surface area contributed by atoms with E-state index in [4.69, 9.17) is 0 Å². The number of nitrogens with one attached hydrogen (secondary N) is 1. The summed E-state index contributed by atoms with van der Waals surface area (Å²) in [5.74, 6) is -0.240. The summed E-state index contributed by atoms with van der Waals surface area (Å²) < 4.78 is 0. The van der Waals surface area contributed by atoms with Crippen LogP contribution in [-0.4, -0.2) is 33.3 Å². The fourth-order valence-electron chi connectivity index (χ4n) is 3.04. The summed E-state index contributed by atoms with van der Waals surface area (Å²) in [6.45, 7) is 0.678. The van der Waals surface area contributed by atoms with Gasteiger partial charge in [-0.3, -0.25) is 14.6 Å². The van der Waals surface area contributed by atoms with E-state index in [1.807, 2.05) is 30.3 Å². The monoisotopic (exact) mass is 339 g/mol. The van der Waals surface area contributed by atoms with E-state index >= 15 is 0 Å². The number of amides is 2. The number of aromatic hydroxyl groups is 1. The first-order valence-electron chi connectivity index (χ1n) is 8.42. The molecular weight excluding hydrogens is 318 g/mol. The van der Waals surface area contributed by atoms with Crippen LogP contribution < -0.4 is 5.32 Å². The molecule has 0 bridgehead atoms. The first-order chi connectivity index (χ1) is 12.2. The molecule has 1 saturated heterocycles. The first-order valence-corrected chi connectivity index (χ1v) is 8.42. The minimum Gasteiger partial charge on any atom is -0.506 e. The van der Waals surface area contributed by atoms with Crippen molar-refractivity contribution < 1.29 is 14.7 Å². The van der Waals surface area contributed by atoms with Gasteiger partial charge in [-0.05, 0) is 30.5 Å². The van der Waals surface area contributed by atoms with Crippen molar-refractivity contribution in [3.8, 4) is 5.75 Å². The van der Waals surface area contributed by atoms with Crippen LogP contribution in [0.15, 0.2) is 48.7 Å². The van der Waals surface area contributed by atoms with Gasteiger partial charge in [0.05, 0.1) is 6.54 Å². The predicted octanol–water partition coefficient (Wildman–Crippen LogP) is 2.16. The molecule has 1 aliphatic rings. The number of pyridine rings is 1. The molecule has 1 fully saturated rings. The summed E-state index contributed by atoms with van der Waals surface area (Å²) in [6, 6.07) is 11.8. The molecule has 1 aromatic heterocycles. The zero-order valence-electron chi connectivity index (χ0n) is 13.9. The highest BCUT2D eigenvalue weighted by molar-refractivity contribution is 5.89. The number of carbonyl (C=O) groups is 2. The average molecular weight is 339 g/mol. The van der Waals surface area contributed by atoms with E-state index in [9.17, 15) is 14.7 Å². The van der Waals surface area contributed by atoms with Gasteiger partial charge >= 0.3 is 0 Å². The summed E-state index contributed by atoms with van der Waals surface area (Å²) >= 11 is 0. The molecule has 3 rings (SSSR count). The Hall–Kier alpha value is -2.89. The van der Waals surface area contributed by atoms with Crippen molar-refractivity contribution in [1.82, 2.24) is 15.2 Å². The van der Waals surface area contributed by atoms with Crippen molar-refractivity contribution in [1.29, 1.82) is 0 Å². The maximum atomic E-state index is 12.9. The maximum Gasteiger partial charge on any atom is 0.247 e. The molecule has 1 aromatic carbocycles. The van der Waals surface area contributed by atoms with Gasteiger partial charge in [0.1, 0.15) is 17.5 Å². The Morgan fingerprint density at radius 1 is 1.20 bits per heavy atom. The maximum absolute atomic E-state index is 12.9. The number of hydrogen-bond acceptors (Lipinski definition) is 4. The van der Waals surface area contributed by atoms with E-state index < -0.39 is 6.04 Å². The molecule has 2 aromatic rings. The van der Waals surface area contributed by atoms with Crippen molar-refractivity contribution in [3.63, 3.8) is 0 Å². The molecule has 0 aliphatic carbocycles. The second-order valence-corrected chi connectivity index (χ2v) is 6.04. The third-order valence-electron chi connectivity index (χ3n) is 4.33. The third-order valence-corrected chi connectivity index (χ3v) is 4.33. The number of benzene rings is 1. The standard InChI is InChI=1S/C19H21N3O3/c23-16-9-6-11-20-15(16)13-21-19(25)18(14-7-2-1-3-8-14)22-12-5-4-10-17(22)24/h1-3,6-9,11,18,23H,4-5,10,12-13H2,(H,21,25)/t18-/m0/s1. The molecule has 130 valence electrons. The van der Waals surface area contributed by atoms with E-state index in [0.717, 1.165) is 18.4 Å². The number of piperidine rings is 1. The molecule has 1 aliphatic heterocycles. The number of nitrogens with zero attached hydrogens (tertiary/aromatic N) is 2. The summed E-state index contributed by atoms with van der Waals surface area (Å²) in [5, 5.41) is 12.6. The Bertz CT molecular complexity index is 749. The SMILES string of the molecule is O=C(NCc1ncccc1O)[C@H](c1ccccc1)N1CCCCC1=O. The van der Waals surface area contributed by atoms with Crippen LogP contribution in [0, 0.1) is 0 Å². The van der Waals surface area contributed by atoms with Gasteiger partial charge in [-0.15, -0.1) is 0 Å². The highest BCUT2D eigenvalue weighted by atomic mass is 16.3. The van der Waals surface area contributed by atoms with E-state index in [1.165, 1.54) is 6.07 Å². The molecular formula is C19H21N3O3. The van der Waals surface area contributed by atoms with Crippen molar-refractivity contribution in [3.05, 3.63) is 59.9 Å². The van der Waals surface area contributed by atoms with Gasteiger partial charge in [-0.1, -0.05) is 30.3 Å². The smallest absolute Gasteiger partial charge is 0.247 e. The average Bonchev–Trinajstić information content (AvgIpc) is 2.64. The van der Waals surface area contributed by atoms with Gasteiger partial charge in [-0.25, -0.2) is 0 Å². The van der Waals surface area contributed by atoms with Crippen molar-refractivity contribution in [2.45, 2.75) is 31.8 Å². The molecule has 2 amide bonds. The van der Waals surface area contributed by atoms with Gasteiger partial charge in [0, 0.05) is 19.2 Å². The fraction of sp³-hybridized carbons (Fsp3) is 0.316. The van der Waals surface area contributed by atoms with Gasteiger partial charge in [0.25, 0.3) is 0 Å². The van der Waals surface area contributed by atoms with Crippen molar-refractivity contribution in [2.75, 3.05) is 6.54 Å². The first kappa shape index (κ1) is 17.0. The van der Waals surface area contributed by atoms with E-state index in [-0.39, 0.29) is 24.1 Å². The van der Waals surface area contributed by atoms with Crippen LogP contribution in [0.4, 0.5) is 0 Å². The molecule has 0 spiro atoms. The number of carbonyl (C=O) groups excluding carboxylic acids is 2. The zero-order chi connectivity index (χ0) is 17.6. The quantitative estimate of drug-likeness (QED) is 0.874. The molecule has 0 unspecified atom stereocenters. The van der Waals surface area contributed by atoms with E-state index in [1.54, 1.807) is 17.2 Å². The molecule has 25 heavy (non-hydrogen) atoms. The lowest BCUT2D eigenvalue weighted by molar-refractivity contribution is -0.142. The summed E-state index contributed by atoms with van der Waals surface area (Å²) in [6.07, 6.45) is 3.78. The Morgan fingerprint density at radius 2 is 2.00 bits per heavy atom. The lowest BCUT2D eigenvalue weighted by Gasteiger charge is -2.34. The highest BCUT2D eigenvalue weighted by Gasteiger charge is 2.32. The summed E-state index contributed by atoms with van der Waals surface area (Å²) in [5.41, 5.74) is 1.17. The zero-order valence-corrected chi connectivity index (χ0v) is 13.9. The number of likely N-dealkylation sites (tertiary alicyclic amines) is 1. The summed E-state index contributed by atoms with van der Waals surface area (Å²) in [4.78, 5) is 30.9. The Morgan fingerprint density at radius 3 is 2.72 bits per heavy atom. The Labute approximate surface area is 146 Å². The molecule has 0 radical (unpaired) electrons. The van der Waals surface area contributed by atoms with E-state index in [2.05, 4.69) is 10.3 Å². The molecule has 6 heteroatoms. The largest absolute Gasteiger partial charge is 0.506 e. The van der Waals surface area contributed by atoms with Crippen LogP contribution in [0.5, 0.6) is 5.75 Å². The van der Waals surface area contributed by atoms with Gasteiger partial charge in [-0.2, -0.15) is 0 Å². The van der Waals surface area contributed by atoms with Crippen LogP contribution in [0.25, 0.3) is 0 Å². The molecule has 2 heterocycles. The predicted molar refractivity (Wildman–Crippen MR) is 92.5 cm³/mol. The fourth-order valence-corrected chi connectivity index (χ4v) is 3.04. The van der Waals surface area contributed by atoms with Crippen LogP contribution in [0.1, 0.15) is 36.6 Å². The lowest BCUT2D eigenvalue weighted by atomic mass is 10.0. The topological polar surface area (TPSA) is 82.5 Å². The summed E-state index contributed by atoms with van der Waals surface area (Å²) in [7, 11) is 0. The Balaban J connectivity index is 1.80. The Kier molecular flexibility index (Phi) is 5.28. The highest BCUT2D eigenvalue weighted by Crippen LogP contribution is 2.26. The second-order valence-electron chi connectivity index (χ2n) is 6.04. The molecule has 2 N–H and O–H groups in total. The number of rotatable bonds is 5. The van der Waals surface area contributed by atoms with E-state index in [0.29, 0.717) is 18.7 Å². The minimum atomic E-state index is -0.667. The van der Waals surface area contributed by atoms with Crippen molar-refractivity contribution in [2.24, 2.45) is 0 Å². The van der Waals surface area contributed by atoms with Gasteiger partial charge < -0.3 is 15.3 Å². The second kappa shape index (κ2) is 7.79. The molecule has 1 atom stereocenters.